The molecule has 0 amide bonds. The first-order chi connectivity index (χ1) is 9.31. The van der Waals surface area contributed by atoms with Crippen molar-refractivity contribution in [2.24, 2.45) is 5.92 Å². The van der Waals surface area contributed by atoms with E-state index >= 15 is 0 Å². The van der Waals surface area contributed by atoms with Gasteiger partial charge in [-0.15, -0.1) is 0 Å². The molecular weight excluding hydrogens is 256 g/mol. The first-order valence-corrected chi connectivity index (χ1v) is 6.69. The summed E-state index contributed by atoms with van der Waals surface area (Å²) in [5.74, 6) is -0.691. The van der Waals surface area contributed by atoms with Gasteiger partial charge in [-0.3, -0.25) is 0 Å². The monoisotopic (exact) mass is 276 g/mol. The van der Waals surface area contributed by atoms with Crippen LogP contribution in [-0.2, 0) is 10.3 Å². The third kappa shape index (κ3) is 2.85. The maximum atomic E-state index is 10.8. The molecule has 2 rings (SSSR count). The van der Waals surface area contributed by atoms with Crippen LogP contribution in [0.15, 0.2) is 36.1 Å². The standard InChI is InChI=1S/C16H20O4/c1-10-9-20-14(11(10)2)8-16(3,19)13-6-4-12(5-7-13)15(17)18/h4-7,9,11,14,19H,8H2,1-3H3,(H,17,18)/t11?,14?,16-/m0/s1. The fourth-order valence-electron chi connectivity index (χ4n) is 2.42. The smallest absolute Gasteiger partial charge is 0.335 e. The quantitative estimate of drug-likeness (QED) is 0.887. The van der Waals surface area contributed by atoms with Gasteiger partial charge >= 0.3 is 5.97 Å². The topological polar surface area (TPSA) is 66.8 Å². The molecular formula is C16H20O4. The van der Waals surface area contributed by atoms with Gasteiger partial charge < -0.3 is 14.9 Å². The Balaban J connectivity index is 2.12. The fraction of sp³-hybridized carbons (Fsp3) is 0.438. The summed E-state index contributed by atoms with van der Waals surface area (Å²) in [5.41, 5.74) is 1.04. The predicted octanol–water partition coefficient (Wildman–Crippen LogP) is 2.92. The van der Waals surface area contributed by atoms with E-state index in [4.69, 9.17) is 9.84 Å². The lowest BCUT2D eigenvalue weighted by Gasteiger charge is -2.29. The van der Waals surface area contributed by atoms with E-state index in [2.05, 4.69) is 6.92 Å². The van der Waals surface area contributed by atoms with E-state index in [0.29, 0.717) is 12.0 Å². The summed E-state index contributed by atoms with van der Waals surface area (Å²) >= 11 is 0. The van der Waals surface area contributed by atoms with Crippen molar-refractivity contribution in [1.82, 2.24) is 0 Å². The summed E-state index contributed by atoms with van der Waals surface area (Å²) in [6.45, 7) is 5.82. The molecule has 3 atom stereocenters. The van der Waals surface area contributed by atoms with Crippen molar-refractivity contribution in [3.05, 3.63) is 47.2 Å². The highest BCUT2D eigenvalue weighted by atomic mass is 16.5. The number of benzene rings is 1. The molecule has 0 radical (unpaired) electrons. The van der Waals surface area contributed by atoms with E-state index in [9.17, 15) is 9.90 Å². The molecule has 1 aromatic rings. The highest BCUT2D eigenvalue weighted by Gasteiger charge is 2.34. The number of aliphatic hydroxyl groups is 1. The van der Waals surface area contributed by atoms with E-state index in [-0.39, 0.29) is 17.6 Å². The summed E-state index contributed by atoms with van der Waals surface area (Å²) in [6.07, 6.45) is 2.16. The Morgan fingerprint density at radius 1 is 1.35 bits per heavy atom. The van der Waals surface area contributed by atoms with Gasteiger partial charge in [-0.05, 0) is 37.1 Å². The molecule has 2 N–H and O–H groups in total. The zero-order chi connectivity index (χ0) is 14.9. The molecule has 108 valence electrons. The maximum absolute atomic E-state index is 10.8. The Bertz CT molecular complexity index is 528. The molecule has 1 heterocycles. The average Bonchev–Trinajstić information content (AvgIpc) is 2.70. The number of carboxylic acids is 1. The van der Waals surface area contributed by atoms with Crippen LogP contribution in [-0.4, -0.2) is 22.3 Å². The predicted molar refractivity (Wildman–Crippen MR) is 75.4 cm³/mol. The van der Waals surface area contributed by atoms with Crippen molar-refractivity contribution in [2.45, 2.75) is 38.9 Å². The molecule has 1 aromatic carbocycles. The zero-order valence-corrected chi connectivity index (χ0v) is 12.0. The molecule has 0 fully saturated rings. The van der Waals surface area contributed by atoms with Crippen molar-refractivity contribution in [2.75, 3.05) is 0 Å². The van der Waals surface area contributed by atoms with Crippen LogP contribution in [0.2, 0.25) is 0 Å². The molecule has 2 unspecified atom stereocenters. The highest BCUT2D eigenvalue weighted by molar-refractivity contribution is 5.87. The number of hydrogen-bond acceptors (Lipinski definition) is 3. The molecule has 0 spiro atoms. The molecule has 0 saturated heterocycles. The summed E-state index contributed by atoms with van der Waals surface area (Å²) in [4.78, 5) is 10.8. The van der Waals surface area contributed by atoms with Gasteiger partial charge in [0.1, 0.15) is 6.10 Å². The number of rotatable bonds is 4. The lowest BCUT2D eigenvalue weighted by atomic mass is 9.85. The lowest BCUT2D eigenvalue weighted by Crippen LogP contribution is -2.30. The second-order valence-electron chi connectivity index (χ2n) is 5.69. The van der Waals surface area contributed by atoms with Gasteiger partial charge in [-0.1, -0.05) is 19.1 Å². The normalized spacial score (nSPS) is 24.7. The number of carboxylic acid groups (broad SMARTS) is 1. The first-order valence-electron chi connectivity index (χ1n) is 6.69. The van der Waals surface area contributed by atoms with Gasteiger partial charge in [-0.2, -0.15) is 0 Å². The van der Waals surface area contributed by atoms with Crippen LogP contribution in [0.3, 0.4) is 0 Å². The van der Waals surface area contributed by atoms with Crippen molar-refractivity contribution in [3.63, 3.8) is 0 Å². The second-order valence-corrected chi connectivity index (χ2v) is 5.69. The maximum Gasteiger partial charge on any atom is 0.335 e. The molecule has 4 heteroatoms. The number of hydrogen-bond donors (Lipinski definition) is 2. The van der Waals surface area contributed by atoms with E-state index in [1.54, 1.807) is 25.3 Å². The van der Waals surface area contributed by atoms with E-state index in [1.165, 1.54) is 17.7 Å². The van der Waals surface area contributed by atoms with Crippen LogP contribution in [0.5, 0.6) is 0 Å². The highest BCUT2D eigenvalue weighted by Crippen LogP contribution is 2.34. The molecule has 1 aliphatic rings. The van der Waals surface area contributed by atoms with Crippen LogP contribution < -0.4 is 0 Å². The van der Waals surface area contributed by atoms with Gasteiger partial charge in [-0.25, -0.2) is 4.79 Å². The van der Waals surface area contributed by atoms with E-state index < -0.39 is 11.6 Å². The van der Waals surface area contributed by atoms with E-state index in [1.807, 2.05) is 6.92 Å². The minimum Gasteiger partial charge on any atom is -0.497 e. The van der Waals surface area contributed by atoms with Crippen LogP contribution in [0.4, 0.5) is 0 Å². The number of aromatic carboxylic acids is 1. The molecule has 20 heavy (non-hydrogen) atoms. The first kappa shape index (κ1) is 14.6. The SMILES string of the molecule is CC1=COC(C[C@](C)(O)c2ccc(C(=O)O)cc2)C1C. The van der Waals surface area contributed by atoms with Crippen molar-refractivity contribution < 1.29 is 19.7 Å². The van der Waals surface area contributed by atoms with Crippen LogP contribution in [0.25, 0.3) is 0 Å². The molecule has 0 aromatic heterocycles. The van der Waals surface area contributed by atoms with E-state index in [0.717, 1.165) is 0 Å². The van der Waals surface area contributed by atoms with Crippen molar-refractivity contribution >= 4 is 5.97 Å². The second kappa shape index (κ2) is 5.29. The van der Waals surface area contributed by atoms with Crippen molar-refractivity contribution in [3.8, 4) is 0 Å². The fourth-order valence-corrected chi connectivity index (χ4v) is 2.42. The third-order valence-corrected chi connectivity index (χ3v) is 4.06. The Labute approximate surface area is 118 Å². The van der Waals surface area contributed by atoms with Crippen molar-refractivity contribution in [1.29, 1.82) is 0 Å². The number of ether oxygens (including phenoxy) is 1. The molecule has 0 saturated carbocycles. The summed E-state index contributed by atoms with van der Waals surface area (Å²) in [5, 5.41) is 19.5. The van der Waals surface area contributed by atoms with Gasteiger partial charge in [0, 0.05) is 12.3 Å². The van der Waals surface area contributed by atoms with Gasteiger partial charge in [0.25, 0.3) is 0 Å². The summed E-state index contributed by atoms with van der Waals surface area (Å²) in [6, 6.07) is 6.33. The lowest BCUT2D eigenvalue weighted by molar-refractivity contribution is -0.00810. The van der Waals surface area contributed by atoms with Gasteiger partial charge in [0.05, 0.1) is 17.4 Å². The van der Waals surface area contributed by atoms with Crippen LogP contribution in [0, 0.1) is 5.92 Å². The Morgan fingerprint density at radius 3 is 2.40 bits per heavy atom. The summed E-state index contributed by atoms with van der Waals surface area (Å²) < 4.78 is 5.58. The Kier molecular flexibility index (Phi) is 3.86. The minimum absolute atomic E-state index is 0.0517. The van der Waals surface area contributed by atoms with Gasteiger partial charge in [0.15, 0.2) is 0 Å². The average molecular weight is 276 g/mol. The molecule has 0 bridgehead atoms. The largest absolute Gasteiger partial charge is 0.497 e. The molecule has 1 aliphatic heterocycles. The number of carbonyl (C=O) groups is 1. The minimum atomic E-state index is -1.05. The van der Waals surface area contributed by atoms with Gasteiger partial charge in [0.2, 0.25) is 0 Å². The Morgan fingerprint density at radius 2 is 1.95 bits per heavy atom. The molecule has 4 nitrogen and oxygen atoms in total. The molecule has 0 aliphatic carbocycles. The third-order valence-electron chi connectivity index (χ3n) is 4.06. The van der Waals surface area contributed by atoms with Crippen LogP contribution in [0.1, 0.15) is 43.1 Å². The van der Waals surface area contributed by atoms with Crippen LogP contribution >= 0.6 is 0 Å². The zero-order valence-electron chi connectivity index (χ0n) is 12.0. The summed E-state index contributed by atoms with van der Waals surface area (Å²) in [7, 11) is 0. The Hall–Kier alpha value is -1.81.